The molecule has 1 aromatic carbocycles. The quantitative estimate of drug-likeness (QED) is 0.903. The van der Waals surface area contributed by atoms with Crippen LogP contribution < -0.4 is 10.2 Å². The van der Waals surface area contributed by atoms with Crippen molar-refractivity contribution in [2.75, 3.05) is 25.1 Å². The fourth-order valence-electron chi connectivity index (χ4n) is 3.55. The molecule has 3 nitrogen and oxygen atoms in total. The van der Waals surface area contributed by atoms with Gasteiger partial charge in [0.1, 0.15) is 0 Å². The van der Waals surface area contributed by atoms with Gasteiger partial charge in [0.25, 0.3) is 0 Å². The van der Waals surface area contributed by atoms with Crippen LogP contribution in [-0.4, -0.2) is 32.3 Å². The van der Waals surface area contributed by atoms with Gasteiger partial charge < -0.3 is 15.0 Å². The van der Waals surface area contributed by atoms with Crippen LogP contribution in [0.3, 0.4) is 0 Å². The van der Waals surface area contributed by atoms with Crippen LogP contribution in [0, 0.1) is 6.92 Å². The van der Waals surface area contributed by atoms with Gasteiger partial charge >= 0.3 is 0 Å². The van der Waals surface area contributed by atoms with E-state index in [1.165, 1.54) is 36.1 Å². The van der Waals surface area contributed by atoms with E-state index < -0.39 is 0 Å². The molecular formula is C16H24N2O. The molecule has 0 spiro atoms. The van der Waals surface area contributed by atoms with E-state index in [1.807, 2.05) is 7.05 Å². The monoisotopic (exact) mass is 260 g/mol. The molecule has 3 heteroatoms. The van der Waals surface area contributed by atoms with Crippen molar-refractivity contribution < 1.29 is 4.74 Å². The Balaban J connectivity index is 1.91. The minimum absolute atomic E-state index is 0.456. The van der Waals surface area contributed by atoms with Crippen LogP contribution >= 0.6 is 0 Å². The molecule has 1 heterocycles. The van der Waals surface area contributed by atoms with Gasteiger partial charge in [0.05, 0.1) is 18.8 Å². The molecule has 0 radical (unpaired) electrons. The number of nitrogens with zero attached hydrogens (tertiary/aromatic N) is 1. The minimum Gasteiger partial charge on any atom is -0.374 e. The molecule has 1 aliphatic carbocycles. The molecule has 0 aromatic heterocycles. The average molecular weight is 260 g/mol. The molecule has 1 N–H and O–H groups in total. The highest BCUT2D eigenvalue weighted by Crippen LogP contribution is 2.34. The molecule has 3 rings (SSSR count). The summed E-state index contributed by atoms with van der Waals surface area (Å²) in [5.41, 5.74) is 4.15. The maximum atomic E-state index is 5.92. The number of anilines is 1. The Labute approximate surface area is 115 Å². The van der Waals surface area contributed by atoms with E-state index in [2.05, 4.69) is 35.3 Å². The zero-order valence-corrected chi connectivity index (χ0v) is 12.0. The molecule has 1 aromatic rings. The SMILES string of the molecule is CNCc1cc(C)ccc1N1CCOC2CCCC21. The van der Waals surface area contributed by atoms with Crippen LogP contribution in [0.15, 0.2) is 18.2 Å². The topological polar surface area (TPSA) is 24.5 Å². The van der Waals surface area contributed by atoms with Crippen LogP contribution in [0.2, 0.25) is 0 Å². The van der Waals surface area contributed by atoms with E-state index in [0.29, 0.717) is 12.1 Å². The summed E-state index contributed by atoms with van der Waals surface area (Å²) in [6.07, 6.45) is 4.27. The van der Waals surface area contributed by atoms with Crippen LogP contribution in [0.5, 0.6) is 0 Å². The second kappa shape index (κ2) is 5.51. The summed E-state index contributed by atoms with van der Waals surface area (Å²) in [4.78, 5) is 2.59. The van der Waals surface area contributed by atoms with Crippen LogP contribution in [0.4, 0.5) is 5.69 Å². The van der Waals surface area contributed by atoms with Crippen molar-refractivity contribution in [3.8, 4) is 0 Å². The highest BCUT2D eigenvalue weighted by atomic mass is 16.5. The number of fused-ring (bicyclic) bond motifs is 1. The van der Waals surface area contributed by atoms with Crippen LogP contribution in [-0.2, 0) is 11.3 Å². The van der Waals surface area contributed by atoms with E-state index in [4.69, 9.17) is 4.74 Å². The molecule has 0 amide bonds. The van der Waals surface area contributed by atoms with Crippen molar-refractivity contribution in [1.82, 2.24) is 5.32 Å². The number of aryl methyl sites for hydroxylation is 1. The second-order valence-electron chi connectivity index (χ2n) is 5.76. The van der Waals surface area contributed by atoms with Crippen molar-refractivity contribution in [1.29, 1.82) is 0 Å². The largest absolute Gasteiger partial charge is 0.374 e. The van der Waals surface area contributed by atoms with E-state index in [0.717, 1.165) is 19.7 Å². The summed E-state index contributed by atoms with van der Waals surface area (Å²) in [6.45, 7) is 5.00. The number of hydrogen-bond donors (Lipinski definition) is 1. The smallest absolute Gasteiger partial charge is 0.0779 e. The molecule has 1 aliphatic heterocycles. The fraction of sp³-hybridized carbons (Fsp3) is 0.625. The Hall–Kier alpha value is -1.06. The van der Waals surface area contributed by atoms with Crippen molar-refractivity contribution in [2.24, 2.45) is 0 Å². The van der Waals surface area contributed by atoms with Crippen LogP contribution in [0.25, 0.3) is 0 Å². The molecule has 2 atom stereocenters. The summed E-state index contributed by atoms with van der Waals surface area (Å²) in [5, 5.41) is 3.29. The molecule has 2 aliphatic rings. The van der Waals surface area contributed by atoms with E-state index in [1.54, 1.807) is 0 Å². The van der Waals surface area contributed by atoms with Gasteiger partial charge in [-0.1, -0.05) is 17.7 Å². The predicted molar refractivity (Wildman–Crippen MR) is 78.7 cm³/mol. The van der Waals surface area contributed by atoms with Gasteiger partial charge in [-0.25, -0.2) is 0 Å². The molecule has 19 heavy (non-hydrogen) atoms. The first-order valence-electron chi connectivity index (χ1n) is 7.42. The Kier molecular flexibility index (Phi) is 3.76. The number of rotatable bonds is 3. The number of hydrogen-bond acceptors (Lipinski definition) is 3. The minimum atomic E-state index is 0.456. The zero-order valence-electron chi connectivity index (χ0n) is 12.0. The lowest BCUT2D eigenvalue weighted by Gasteiger charge is -2.40. The van der Waals surface area contributed by atoms with Crippen LogP contribution in [0.1, 0.15) is 30.4 Å². The van der Waals surface area contributed by atoms with E-state index in [-0.39, 0.29) is 0 Å². The molecule has 1 saturated carbocycles. The maximum Gasteiger partial charge on any atom is 0.0779 e. The first-order valence-corrected chi connectivity index (χ1v) is 7.42. The normalized spacial score (nSPS) is 26.5. The lowest BCUT2D eigenvalue weighted by atomic mass is 10.0. The lowest BCUT2D eigenvalue weighted by Crippen LogP contribution is -2.49. The summed E-state index contributed by atoms with van der Waals surface area (Å²) < 4.78 is 5.92. The zero-order chi connectivity index (χ0) is 13.2. The Morgan fingerprint density at radius 2 is 2.26 bits per heavy atom. The molecule has 2 fully saturated rings. The molecule has 2 unspecified atom stereocenters. The van der Waals surface area contributed by atoms with E-state index >= 15 is 0 Å². The first kappa shape index (κ1) is 12.9. The van der Waals surface area contributed by atoms with Gasteiger partial charge in [-0.15, -0.1) is 0 Å². The average Bonchev–Trinajstić information content (AvgIpc) is 2.88. The molecule has 104 valence electrons. The third-order valence-corrected chi connectivity index (χ3v) is 4.39. The molecule has 0 bridgehead atoms. The van der Waals surface area contributed by atoms with Gasteiger partial charge in [0.15, 0.2) is 0 Å². The highest BCUT2D eigenvalue weighted by molar-refractivity contribution is 5.56. The van der Waals surface area contributed by atoms with Crippen molar-refractivity contribution in [3.63, 3.8) is 0 Å². The number of morpholine rings is 1. The van der Waals surface area contributed by atoms with Gasteiger partial charge in [-0.2, -0.15) is 0 Å². The number of benzene rings is 1. The summed E-state index contributed by atoms with van der Waals surface area (Å²) in [5.74, 6) is 0. The Morgan fingerprint density at radius 1 is 1.37 bits per heavy atom. The third-order valence-electron chi connectivity index (χ3n) is 4.39. The Morgan fingerprint density at radius 3 is 3.11 bits per heavy atom. The standard InChI is InChI=1S/C16H24N2O/c1-12-6-7-14(13(10-12)11-17-2)18-8-9-19-16-5-3-4-15(16)18/h6-7,10,15-17H,3-5,8-9,11H2,1-2H3. The van der Waals surface area contributed by atoms with Gasteiger partial charge in [0.2, 0.25) is 0 Å². The van der Waals surface area contributed by atoms with Gasteiger partial charge in [-0.3, -0.25) is 0 Å². The van der Waals surface area contributed by atoms with E-state index in [9.17, 15) is 0 Å². The Bertz CT molecular complexity index is 446. The summed E-state index contributed by atoms with van der Waals surface area (Å²) >= 11 is 0. The van der Waals surface area contributed by atoms with Gasteiger partial charge in [-0.05, 0) is 44.9 Å². The lowest BCUT2D eigenvalue weighted by molar-refractivity contribution is 0.0256. The second-order valence-corrected chi connectivity index (χ2v) is 5.76. The first-order chi connectivity index (χ1) is 9.29. The predicted octanol–water partition coefficient (Wildman–Crippen LogP) is 2.47. The summed E-state index contributed by atoms with van der Waals surface area (Å²) in [6, 6.07) is 7.43. The molecule has 1 saturated heterocycles. The van der Waals surface area contributed by atoms with Crippen molar-refractivity contribution in [2.45, 2.75) is 44.9 Å². The number of ether oxygens (including phenoxy) is 1. The summed E-state index contributed by atoms with van der Waals surface area (Å²) in [7, 11) is 2.02. The van der Waals surface area contributed by atoms with Gasteiger partial charge in [0, 0.05) is 18.8 Å². The molecular weight excluding hydrogens is 236 g/mol. The van der Waals surface area contributed by atoms with Crippen molar-refractivity contribution >= 4 is 5.69 Å². The maximum absolute atomic E-state index is 5.92. The number of nitrogens with one attached hydrogen (secondary N) is 1. The van der Waals surface area contributed by atoms with Crippen molar-refractivity contribution in [3.05, 3.63) is 29.3 Å². The third kappa shape index (κ3) is 2.49. The fourth-order valence-corrected chi connectivity index (χ4v) is 3.55. The highest BCUT2D eigenvalue weighted by Gasteiger charge is 2.36.